The van der Waals surface area contributed by atoms with Gasteiger partial charge in [0.05, 0.1) is 21.7 Å². The summed E-state index contributed by atoms with van der Waals surface area (Å²) in [6, 6.07) is 21.4. The molecule has 0 unspecified atom stereocenters. The predicted octanol–water partition coefficient (Wildman–Crippen LogP) is 4.57. The quantitative estimate of drug-likeness (QED) is 0.324. The molecule has 0 radical (unpaired) electrons. The van der Waals surface area contributed by atoms with E-state index in [1.807, 2.05) is 6.92 Å². The van der Waals surface area contributed by atoms with Gasteiger partial charge < -0.3 is 0 Å². The second-order valence-electron chi connectivity index (χ2n) is 8.43. The van der Waals surface area contributed by atoms with Crippen molar-refractivity contribution < 1.29 is 22.8 Å². The number of sulfonamides is 1. The van der Waals surface area contributed by atoms with Gasteiger partial charge in [0, 0.05) is 13.0 Å². The molecular weight excluding hydrogens is 464 g/mol. The first-order chi connectivity index (χ1) is 16.8. The maximum absolute atomic E-state index is 13.3. The standard InChI is InChI=1S/C27H26N2O5S/c1-20-15-17-21(18-16-20)29(35(33,34)22-10-4-2-5-11-22)25(30)14-6-3-9-19-28-26(31)23-12-7-8-13-24(23)27(28)32/h2,4-5,7-8,10-13,15-18H,3,6,9,14,19H2,1H3. The largest absolute Gasteiger partial charge is 0.274 e. The van der Waals surface area contributed by atoms with Crippen LogP contribution in [0.5, 0.6) is 0 Å². The van der Waals surface area contributed by atoms with Gasteiger partial charge in [-0.3, -0.25) is 19.3 Å². The first-order valence-electron chi connectivity index (χ1n) is 11.5. The summed E-state index contributed by atoms with van der Waals surface area (Å²) in [4.78, 5) is 39.4. The highest BCUT2D eigenvalue weighted by Crippen LogP contribution is 2.26. The highest BCUT2D eigenvalue weighted by atomic mass is 32.2. The Hall–Kier alpha value is -3.78. The Morgan fingerprint density at radius 2 is 1.34 bits per heavy atom. The predicted molar refractivity (Wildman–Crippen MR) is 133 cm³/mol. The smallest absolute Gasteiger partial charge is 0.270 e. The number of rotatable bonds is 9. The van der Waals surface area contributed by atoms with Gasteiger partial charge in [0.2, 0.25) is 5.91 Å². The maximum atomic E-state index is 13.3. The Balaban J connectivity index is 1.40. The summed E-state index contributed by atoms with van der Waals surface area (Å²) in [6.45, 7) is 2.14. The first kappa shape index (κ1) is 24.3. The molecule has 0 N–H and O–H groups in total. The van der Waals surface area contributed by atoms with E-state index >= 15 is 0 Å². The number of imide groups is 1. The lowest BCUT2D eigenvalue weighted by molar-refractivity contribution is -0.117. The van der Waals surface area contributed by atoms with Gasteiger partial charge in [-0.05, 0) is 56.2 Å². The molecule has 3 aromatic carbocycles. The topological polar surface area (TPSA) is 91.8 Å². The first-order valence-corrected chi connectivity index (χ1v) is 12.9. The van der Waals surface area contributed by atoms with E-state index in [4.69, 9.17) is 0 Å². The van der Waals surface area contributed by atoms with Gasteiger partial charge in [-0.15, -0.1) is 0 Å². The van der Waals surface area contributed by atoms with Gasteiger partial charge in [0.25, 0.3) is 21.8 Å². The van der Waals surface area contributed by atoms with Crippen molar-refractivity contribution >= 4 is 33.4 Å². The van der Waals surface area contributed by atoms with Crippen LogP contribution in [0.15, 0.2) is 83.8 Å². The molecule has 0 aromatic heterocycles. The molecule has 3 aromatic rings. The minimum atomic E-state index is -4.08. The zero-order chi connectivity index (χ0) is 25.0. The highest BCUT2D eigenvalue weighted by molar-refractivity contribution is 7.93. The van der Waals surface area contributed by atoms with E-state index in [0.29, 0.717) is 30.4 Å². The molecule has 0 bridgehead atoms. The number of hydrogen-bond acceptors (Lipinski definition) is 5. The van der Waals surface area contributed by atoms with E-state index in [1.165, 1.54) is 17.0 Å². The van der Waals surface area contributed by atoms with Crippen LogP contribution in [0.3, 0.4) is 0 Å². The van der Waals surface area contributed by atoms with Gasteiger partial charge in [-0.1, -0.05) is 54.4 Å². The molecule has 1 heterocycles. The van der Waals surface area contributed by atoms with Gasteiger partial charge >= 0.3 is 0 Å². The number of amides is 3. The molecule has 1 aliphatic heterocycles. The molecule has 4 rings (SSSR count). The molecule has 35 heavy (non-hydrogen) atoms. The van der Waals surface area contributed by atoms with Crippen molar-refractivity contribution in [1.82, 2.24) is 4.90 Å². The van der Waals surface area contributed by atoms with E-state index in [9.17, 15) is 22.8 Å². The number of aryl methyl sites for hydroxylation is 1. The average molecular weight is 491 g/mol. The van der Waals surface area contributed by atoms with Crippen molar-refractivity contribution in [2.75, 3.05) is 10.8 Å². The van der Waals surface area contributed by atoms with Crippen molar-refractivity contribution in [3.8, 4) is 0 Å². The number of carbonyl (C=O) groups excluding carboxylic acids is 3. The highest BCUT2D eigenvalue weighted by Gasteiger charge is 2.34. The summed E-state index contributed by atoms with van der Waals surface area (Å²) in [5.41, 5.74) is 2.06. The zero-order valence-electron chi connectivity index (χ0n) is 19.4. The summed E-state index contributed by atoms with van der Waals surface area (Å²) in [6.07, 6.45) is 1.53. The van der Waals surface area contributed by atoms with Crippen molar-refractivity contribution in [1.29, 1.82) is 0 Å². The molecule has 1 aliphatic rings. The second kappa shape index (κ2) is 10.2. The number of nitrogens with zero attached hydrogens (tertiary/aromatic N) is 2. The zero-order valence-corrected chi connectivity index (χ0v) is 20.2. The van der Waals surface area contributed by atoms with Crippen LogP contribution in [0.25, 0.3) is 0 Å². The fourth-order valence-corrected chi connectivity index (χ4v) is 5.53. The van der Waals surface area contributed by atoms with Crippen LogP contribution in [0.1, 0.15) is 52.0 Å². The van der Waals surface area contributed by atoms with E-state index in [2.05, 4.69) is 0 Å². The lowest BCUT2D eigenvalue weighted by Crippen LogP contribution is -2.37. The van der Waals surface area contributed by atoms with Crippen molar-refractivity contribution in [3.05, 3.63) is 95.6 Å². The lowest BCUT2D eigenvalue weighted by atomic mass is 10.1. The van der Waals surface area contributed by atoms with Crippen LogP contribution in [-0.4, -0.2) is 37.6 Å². The number of carbonyl (C=O) groups is 3. The summed E-state index contributed by atoms with van der Waals surface area (Å²) in [5, 5.41) is 0. The summed E-state index contributed by atoms with van der Waals surface area (Å²) in [7, 11) is -4.08. The van der Waals surface area contributed by atoms with Crippen LogP contribution in [0, 0.1) is 6.92 Å². The van der Waals surface area contributed by atoms with Crippen molar-refractivity contribution in [3.63, 3.8) is 0 Å². The SMILES string of the molecule is Cc1ccc(N(C(=O)CCCCCN2C(=O)c3ccccc3C2=O)S(=O)(=O)c2ccccc2)cc1. The van der Waals surface area contributed by atoms with Crippen molar-refractivity contribution in [2.24, 2.45) is 0 Å². The lowest BCUT2D eigenvalue weighted by Gasteiger charge is -2.23. The maximum Gasteiger partial charge on any atom is 0.270 e. The molecule has 0 saturated carbocycles. The molecule has 0 atom stereocenters. The van der Waals surface area contributed by atoms with Crippen LogP contribution >= 0.6 is 0 Å². The van der Waals surface area contributed by atoms with Crippen LogP contribution in [-0.2, 0) is 14.8 Å². The fourth-order valence-electron chi connectivity index (χ4n) is 4.06. The Morgan fingerprint density at radius 3 is 1.94 bits per heavy atom. The Bertz CT molecular complexity index is 1320. The Morgan fingerprint density at radius 1 is 0.771 bits per heavy atom. The summed E-state index contributed by atoms with van der Waals surface area (Å²) < 4.78 is 27.5. The minimum Gasteiger partial charge on any atom is -0.274 e. The Kier molecular flexibility index (Phi) is 7.12. The monoisotopic (exact) mass is 490 g/mol. The number of anilines is 1. The van der Waals surface area contributed by atoms with Crippen molar-refractivity contribution in [2.45, 2.75) is 37.5 Å². The molecule has 7 nitrogen and oxygen atoms in total. The van der Waals surface area contributed by atoms with E-state index < -0.39 is 15.9 Å². The fraction of sp³-hybridized carbons (Fsp3) is 0.222. The van der Waals surface area contributed by atoms with Gasteiger partial charge in [-0.25, -0.2) is 12.7 Å². The molecule has 0 fully saturated rings. The summed E-state index contributed by atoms with van der Waals surface area (Å²) in [5.74, 6) is -1.14. The molecule has 180 valence electrons. The molecule has 0 saturated heterocycles. The number of unbranched alkanes of at least 4 members (excludes halogenated alkanes) is 2. The second-order valence-corrected chi connectivity index (χ2v) is 10.2. The molecular formula is C27H26N2O5S. The van der Waals surface area contributed by atoms with Crippen LogP contribution < -0.4 is 4.31 Å². The van der Waals surface area contributed by atoms with Gasteiger partial charge in [-0.2, -0.15) is 0 Å². The molecule has 8 heteroatoms. The Labute approximate surface area is 205 Å². The van der Waals surface area contributed by atoms with E-state index in [1.54, 1.807) is 66.7 Å². The molecule has 0 spiro atoms. The number of benzene rings is 3. The minimum absolute atomic E-state index is 0.0159. The summed E-state index contributed by atoms with van der Waals surface area (Å²) >= 11 is 0. The third-order valence-electron chi connectivity index (χ3n) is 5.93. The van der Waals surface area contributed by atoms with Crippen LogP contribution in [0.4, 0.5) is 5.69 Å². The third-order valence-corrected chi connectivity index (χ3v) is 7.69. The number of hydrogen-bond donors (Lipinski definition) is 0. The van der Waals surface area contributed by atoms with Crippen LogP contribution in [0.2, 0.25) is 0 Å². The van der Waals surface area contributed by atoms with E-state index in [0.717, 1.165) is 9.87 Å². The molecule has 0 aliphatic carbocycles. The van der Waals surface area contributed by atoms with Gasteiger partial charge in [0.1, 0.15) is 0 Å². The molecule has 3 amide bonds. The van der Waals surface area contributed by atoms with E-state index in [-0.39, 0.29) is 35.4 Å². The third kappa shape index (κ3) is 5.02. The normalized spacial score (nSPS) is 13.1. The van der Waals surface area contributed by atoms with Gasteiger partial charge in [0.15, 0.2) is 0 Å². The number of fused-ring (bicyclic) bond motifs is 1. The average Bonchev–Trinajstić information content (AvgIpc) is 3.10.